The molecule has 0 aromatic heterocycles. The molecule has 2 aromatic rings. The van der Waals surface area contributed by atoms with Gasteiger partial charge in [-0.3, -0.25) is 14.5 Å². The Labute approximate surface area is 240 Å². The molecule has 1 amide bonds. The standard InChI is InChI=1S/C33H47N3O4/c1-23-18-28(13-10-27(23)22-36-17-16-34-24(2)21-36)35(6)32(38)26-11-14-29(15-12-26)39-30-9-7-8-25(19-30)20-31(37)40-33(3,4)5/h7-10,13,18-19,24,26,29,34H,11-12,14-17,20-22H2,1-6H3/t24-,26?,29?/m0/s1. The van der Waals surface area contributed by atoms with Crippen molar-refractivity contribution in [3.05, 3.63) is 59.2 Å². The zero-order valence-corrected chi connectivity index (χ0v) is 25.2. The molecule has 4 rings (SSSR count). The number of aryl methyl sites for hydroxylation is 1. The van der Waals surface area contributed by atoms with Crippen molar-refractivity contribution in [2.24, 2.45) is 5.92 Å². The largest absolute Gasteiger partial charge is 0.490 e. The third kappa shape index (κ3) is 8.55. The Morgan fingerprint density at radius 2 is 1.82 bits per heavy atom. The molecule has 1 N–H and O–H groups in total. The molecule has 7 nitrogen and oxygen atoms in total. The van der Waals surface area contributed by atoms with Crippen LogP contribution in [0.3, 0.4) is 0 Å². The first-order valence-electron chi connectivity index (χ1n) is 14.8. The molecule has 2 aromatic carbocycles. The van der Waals surface area contributed by atoms with E-state index in [-0.39, 0.29) is 30.3 Å². The van der Waals surface area contributed by atoms with Gasteiger partial charge in [0.1, 0.15) is 11.4 Å². The van der Waals surface area contributed by atoms with Crippen molar-refractivity contribution in [1.82, 2.24) is 10.2 Å². The minimum Gasteiger partial charge on any atom is -0.490 e. The average molecular weight is 550 g/mol. The molecule has 0 unspecified atom stereocenters. The molecule has 1 atom stereocenters. The Bertz CT molecular complexity index is 1170. The average Bonchev–Trinajstić information content (AvgIpc) is 2.88. The van der Waals surface area contributed by atoms with Crippen molar-refractivity contribution >= 4 is 17.6 Å². The van der Waals surface area contributed by atoms with Crippen molar-refractivity contribution < 1.29 is 19.1 Å². The van der Waals surface area contributed by atoms with E-state index in [0.29, 0.717) is 6.04 Å². The van der Waals surface area contributed by atoms with E-state index in [1.807, 2.05) is 57.0 Å². The number of carbonyl (C=O) groups is 2. The Hall–Kier alpha value is -2.90. The highest BCUT2D eigenvalue weighted by atomic mass is 16.6. The Morgan fingerprint density at radius 3 is 2.50 bits per heavy atom. The number of hydrogen-bond donors (Lipinski definition) is 1. The van der Waals surface area contributed by atoms with Gasteiger partial charge >= 0.3 is 5.97 Å². The monoisotopic (exact) mass is 549 g/mol. The van der Waals surface area contributed by atoms with Gasteiger partial charge in [-0.2, -0.15) is 0 Å². The van der Waals surface area contributed by atoms with Crippen LogP contribution in [0.15, 0.2) is 42.5 Å². The fourth-order valence-corrected chi connectivity index (χ4v) is 5.76. The molecule has 0 radical (unpaired) electrons. The summed E-state index contributed by atoms with van der Waals surface area (Å²) in [4.78, 5) is 29.9. The van der Waals surface area contributed by atoms with Gasteiger partial charge in [-0.25, -0.2) is 0 Å². The van der Waals surface area contributed by atoms with Crippen molar-refractivity contribution in [1.29, 1.82) is 0 Å². The highest BCUT2D eigenvalue weighted by molar-refractivity contribution is 5.94. The van der Waals surface area contributed by atoms with Gasteiger partial charge in [0.2, 0.25) is 5.91 Å². The first-order valence-corrected chi connectivity index (χ1v) is 14.8. The smallest absolute Gasteiger partial charge is 0.310 e. The predicted molar refractivity (Wildman–Crippen MR) is 160 cm³/mol. The minimum atomic E-state index is -0.499. The van der Waals surface area contributed by atoms with Gasteiger partial charge in [-0.1, -0.05) is 18.2 Å². The number of rotatable bonds is 8. The van der Waals surface area contributed by atoms with E-state index in [4.69, 9.17) is 9.47 Å². The molecule has 1 heterocycles. The van der Waals surface area contributed by atoms with Crippen molar-refractivity contribution in [2.45, 2.75) is 91.0 Å². The number of anilines is 1. The van der Waals surface area contributed by atoms with Crippen molar-refractivity contribution in [2.75, 3.05) is 31.6 Å². The lowest BCUT2D eigenvalue weighted by atomic mass is 9.86. The van der Waals surface area contributed by atoms with Gasteiger partial charge in [-0.05, 0) is 101 Å². The van der Waals surface area contributed by atoms with Crippen LogP contribution in [-0.4, -0.2) is 61.2 Å². The van der Waals surface area contributed by atoms with E-state index in [2.05, 4.69) is 42.3 Å². The minimum absolute atomic E-state index is 0.00525. The molecule has 1 saturated carbocycles. The van der Waals surface area contributed by atoms with Gasteiger partial charge in [0.25, 0.3) is 0 Å². The molecule has 1 aliphatic heterocycles. The number of esters is 1. The maximum Gasteiger partial charge on any atom is 0.310 e. The van der Waals surface area contributed by atoms with Crippen LogP contribution in [0.5, 0.6) is 5.75 Å². The van der Waals surface area contributed by atoms with Gasteiger partial charge in [0, 0.05) is 50.9 Å². The second-order valence-electron chi connectivity index (χ2n) is 12.6. The molecule has 2 fully saturated rings. The second kappa shape index (κ2) is 13.2. The van der Waals surface area contributed by atoms with E-state index in [0.717, 1.165) is 68.9 Å². The first kappa shape index (κ1) is 30.1. The zero-order chi connectivity index (χ0) is 28.9. The molecule has 1 aliphatic carbocycles. The number of amides is 1. The summed E-state index contributed by atoms with van der Waals surface area (Å²) in [5, 5.41) is 3.50. The lowest BCUT2D eigenvalue weighted by molar-refractivity contribution is -0.153. The van der Waals surface area contributed by atoms with Crippen LogP contribution in [0.1, 0.15) is 70.1 Å². The summed E-state index contributed by atoms with van der Waals surface area (Å²) in [6, 6.07) is 14.6. The number of benzene rings is 2. The third-order valence-electron chi connectivity index (χ3n) is 7.88. The fourth-order valence-electron chi connectivity index (χ4n) is 5.76. The van der Waals surface area contributed by atoms with Crippen LogP contribution in [0.25, 0.3) is 0 Å². The topological polar surface area (TPSA) is 71.1 Å². The van der Waals surface area contributed by atoms with Crippen LogP contribution in [0.2, 0.25) is 0 Å². The Kier molecular flexibility index (Phi) is 9.90. The van der Waals surface area contributed by atoms with Crippen molar-refractivity contribution in [3.8, 4) is 5.75 Å². The normalized spacial score (nSPS) is 22.0. The Morgan fingerprint density at radius 1 is 1.07 bits per heavy atom. The van der Waals surface area contributed by atoms with Gasteiger partial charge in [-0.15, -0.1) is 0 Å². The lowest BCUT2D eigenvalue weighted by Crippen LogP contribution is -2.48. The quantitative estimate of drug-likeness (QED) is 0.452. The summed E-state index contributed by atoms with van der Waals surface area (Å²) in [7, 11) is 1.90. The van der Waals surface area contributed by atoms with E-state index >= 15 is 0 Å². The molecule has 0 bridgehead atoms. The molecule has 2 aliphatic rings. The molecular formula is C33H47N3O4. The summed E-state index contributed by atoms with van der Waals surface area (Å²) in [6.07, 6.45) is 3.58. The van der Waals surface area contributed by atoms with Crippen LogP contribution in [0, 0.1) is 12.8 Å². The van der Waals surface area contributed by atoms with Gasteiger partial charge in [0.15, 0.2) is 0 Å². The molecule has 7 heteroatoms. The number of nitrogens with zero attached hydrogens (tertiary/aromatic N) is 2. The second-order valence-corrected chi connectivity index (χ2v) is 12.6. The summed E-state index contributed by atoms with van der Waals surface area (Å²) >= 11 is 0. The van der Waals surface area contributed by atoms with E-state index in [9.17, 15) is 9.59 Å². The Balaban J connectivity index is 1.27. The van der Waals surface area contributed by atoms with Crippen LogP contribution >= 0.6 is 0 Å². The van der Waals surface area contributed by atoms with E-state index in [1.54, 1.807) is 0 Å². The summed E-state index contributed by atoms with van der Waals surface area (Å²) in [5.41, 5.74) is 3.89. The molecule has 0 spiro atoms. The van der Waals surface area contributed by atoms with Crippen molar-refractivity contribution in [3.63, 3.8) is 0 Å². The predicted octanol–water partition coefficient (Wildman–Crippen LogP) is 5.27. The fraction of sp³-hybridized carbons (Fsp3) is 0.576. The van der Waals surface area contributed by atoms with Gasteiger partial charge < -0.3 is 19.7 Å². The van der Waals surface area contributed by atoms with Crippen LogP contribution in [-0.2, 0) is 27.3 Å². The summed E-state index contributed by atoms with van der Waals surface area (Å²) in [5.74, 6) is 0.706. The van der Waals surface area contributed by atoms with E-state index < -0.39 is 5.60 Å². The third-order valence-corrected chi connectivity index (χ3v) is 7.88. The van der Waals surface area contributed by atoms with Crippen LogP contribution in [0.4, 0.5) is 5.69 Å². The summed E-state index contributed by atoms with van der Waals surface area (Å²) in [6.45, 7) is 14.1. The van der Waals surface area contributed by atoms with E-state index in [1.165, 1.54) is 11.1 Å². The van der Waals surface area contributed by atoms with Gasteiger partial charge in [0.05, 0.1) is 12.5 Å². The maximum atomic E-state index is 13.4. The molecule has 1 saturated heterocycles. The first-order chi connectivity index (χ1) is 19.0. The van der Waals surface area contributed by atoms with Crippen LogP contribution < -0.4 is 15.0 Å². The summed E-state index contributed by atoms with van der Waals surface area (Å²) < 4.78 is 11.7. The number of hydrogen-bond acceptors (Lipinski definition) is 6. The highest BCUT2D eigenvalue weighted by Gasteiger charge is 2.30. The molecule has 40 heavy (non-hydrogen) atoms. The zero-order valence-electron chi connectivity index (χ0n) is 25.2. The number of carbonyl (C=O) groups excluding carboxylic acids is 2. The lowest BCUT2D eigenvalue weighted by Gasteiger charge is -2.32. The highest BCUT2D eigenvalue weighted by Crippen LogP contribution is 2.31. The number of piperazine rings is 1. The number of nitrogens with one attached hydrogen (secondary N) is 1. The molecule has 218 valence electrons. The molecular weight excluding hydrogens is 502 g/mol. The SMILES string of the molecule is Cc1cc(N(C)C(=O)C2CCC(Oc3cccc(CC(=O)OC(C)(C)C)c3)CC2)ccc1CN1CCN[C@@H](C)C1. The number of ether oxygens (including phenoxy) is 2. The maximum absolute atomic E-state index is 13.4.